The Labute approximate surface area is 151 Å². The summed E-state index contributed by atoms with van der Waals surface area (Å²) >= 11 is 0. The molecule has 1 aliphatic rings. The van der Waals surface area contributed by atoms with Gasteiger partial charge in [-0.2, -0.15) is 0 Å². The van der Waals surface area contributed by atoms with Crippen molar-refractivity contribution in [1.29, 1.82) is 0 Å². The molecule has 26 heavy (non-hydrogen) atoms. The van der Waals surface area contributed by atoms with Crippen LogP contribution in [-0.2, 0) is 10.2 Å². The number of hydrogen-bond donors (Lipinski definition) is 2. The van der Waals surface area contributed by atoms with Crippen LogP contribution in [0.15, 0.2) is 41.2 Å². The molecule has 1 fully saturated rings. The van der Waals surface area contributed by atoms with Crippen molar-refractivity contribution in [2.75, 3.05) is 6.54 Å². The fraction of sp³-hybridized carbons (Fsp3) is 0.350. The second kappa shape index (κ2) is 5.83. The van der Waals surface area contributed by atoms with Gasteiger partial charge >= 0.3 is 0 Å². The van der Waals surface area contributed by atoms with E-state index in [1.54, 1.807) is 0 Å². The van der Waals surface area contributed by atoms with E-state index >= 15 is 0 Å². The van der Waals surface area contributed by atoms with E-state index in [-0.39, 0.29) is 22.8 Å². The zero-order valence-electron chi connectivity index (χ0n) is 15.2. The molecule has 134 valence electrons. The molecule has 1 aliphatic heterocycles. The molecule has 3 aromatic rings. The van der Waals surface area contributed by atoms with E-state index in [0.717, 1.165) is 11.3 Å². The van der Waals surface area contributed by atoms with Crippen LogP contribution in [0, 0.1) is 0 Å². The van der Waals surface area contributed by atoms with Crippen molar-refractivity contribution in [2.24, 2.45) is 0 Å². The molecule has 1 amide bonds. The van der Waals surface area contributed by atoms with Crippen molar-refractivity contribution in [1.82, 2.24) is 19.9 Å². The maximum absolute atomic E-state index is 12.5. The van der Waals surface area contributed by atoms with Gasteiger partial charge in [-0.15, -0.1) is 0 Å². The van der Waals surface area contributed by atoms with Crippen LogP contribution in [0.4, 0.5) is 0 Å². The summed E-state index contributed by atoms with van der Waals surface area (Å²) in [5.74, 6) is -0.0321. The van der Waals surface area contributed by atoms with Crippen LogP contribution in [0.3, 0.4) is 0 Å². The van der Waals surface area contributed by atoms with Crippen molar-refractivity contribution in [3.63, 3.8) is 0 Å². The number of carbonyl (C=O) groups excluding carboxylic acids is 1. The molecule has 1 unspecified atom stereocenters. The summed E-state index contributed by atoms with van der Waals surface area (Å²) in [7, 11) is 0. The Morgan fingerprint density at radius 2 is 1.85 bits per heavy atom. The molecule has 2 aromatic heterocycles. The second-order valence-corrected chi connectivity index (χ2v) is 7.92. The highest BCUT2D eigenvalue weighted by atomic mass is 16.2. The van der Waals surface area contributed by atoms with E-state index in [1.165, 1.54) is 16.1 Å². The highest BCUT2D eigenvalue weighted by molar-refractivity contribution is 5.79. The molecule has 0 saturated carbocycles. The summed E-state index contributed by atoms with van der Waals surface area (Å²) in [6.07, 6.45) is 0.383. The van der Waals surface area contributed by atoms with Crippen LogP contribution in [0.2, 0.25) is 0 Å². The van der Waals surface area contributed by atoms with Gasteiger partial charge in [0.15, 0.2) is 5.65 Å². The maximum Gasteiger partial charge on any atom is 0.272 e. The Morgan fingerprint density at radius 1 is 1.12 bits per heavy atom. The summed E-state index contributed by atoms with van der Waals surface area (Å²) in [5, 5.41) is 5.91. The molecule has 0 aliphatic carbocycles. The van der Waals surface area contributed by atoms with Crippen molar-refractivity contribution in [3.8, 4) is 11.3 Å². The van der Waals surface area contributed by atoms with Gasteiger partial charge in [0.25, 0.3) is 5.56 Å². The first kappa shape index (κ1) is 16.6. The number of amides is 1. The van der Waals surface area contributed by atoms with E-state index in [1.807, 2.05) is 6.07 Å². The summed E-state index contributed by atoms with van der Waals surface area (Å²) in [6.45, 7) is 7.07. The molecule has 1 saturated heterocycles. The molecule has 0 bridgehead atoms. The van der Waals surface area contributed by atoms with Crippen LogP contribution in [-0.4, -0.2) is 27.0 Å². The van der Waals surface area contributed by atoms with Gasteiger partial charge in [0.1, 0.15) is 0 Å². The van der Waals surface area contributed by atoms with E-state index in [9.17, 15) is 9.59 Å². The Bertz CT molecular complexity index is 1040. The summed E-state index contributed by atoms with van der Waals surface area (Å²) < 4.78 is 1.45. The monoisotopic (exact) mass is 350 g/mol. The van der Waals surface area contributed by atoms with Crippen LogP contribution in [0.25, 0.3) is 16.9 Å². The molecular formula is C20H22N4O2. The topological polar surface area (TPSA) is 79.3 Å². The van der Waals surface area contributed by atoms with E-state index in [4.69, 9.17) is 0 Å². The average molecular weight is 350 g/mol. The van der Waals surface area contributed by atoms with E-state index in [2.05, 4.69) is 60.4 Å². The van der Waals surface area contributed by atoms with Gasteiger partial charge < -0.3 is 5.32 Å². The summed E-state index contributed by atoms with van der Waals surface area (Å²) in [4.78, 5) is 28.5. The first-order valence-electron chi connectivity index (χ1n) is 8.81. The van der Waals surface area contributed by atoms with Gasteiger partial charge in [-0.3, -0.25) is 14.7 Å². The number of fused-ring (bicyclic) bond motifs is 1. The minimum absolute atomic E-state index is 0.00527. The number of aromatic amines is 1. The number of H-pyrrole nitrogens is 1. The normalized spacial score (nSPS) is 17.7. The molecule has 6 nitrogen and oxygen atoms in total. The van der Waals surface area contributed by atoms with Crippen LogP contribution < -0.4 is 10.9 Å². The lowest BCUT2D eigenvalue weighted by atomic mass is 9.86. The number of hydrogen-bond acceptors (Lipinski definition) is 3. The van der Waals surface area contributed by atoms with E-state index < -0.39 is 0 Å². The molecule has 1 aromatic carbocycles. The van der Waals surface area contributed by atoms with Gasteiger partial charge in [0.05, 0.1) is 11.4 Å². The lowest BCUT2D eigenvalue weighted by molar-refractivity contribution is -0.119. The number of carbonyl (C=O) groups is 1. The molecule has 3 heterocycles. The molecular weight excluding hydrogens is 328 g/mol. The van der Waals surface area contributed by atoms with Crippen molar-refractivity contribution in [2.45, 2.75) is 38.5 Å². The maximum atomic E-state index is 12.5. The van der Waals surface area contributed by atoms with Crippen LogP contribution in [0.5, 0.6) is 0 Å². The third kappa shape index (κ3) is 2.92. The zero-order valence-corrected chi connectivity index (χ0v) is 15.2. The number of nitrogens with one attached hydrogen (secondary N) is 2. The Hall–Kier alpha value is -2.89. The highest BCUT2D eigenvalue weighted by Gasteiger charge is 2.25. The minimum atomic E-state index is -0.165. The number of benzene rings is 1. The molecule has 2 N–H and O–H groups in total. The molecule has 0 spiro atoms. The molecule has 6 heteroatoms. The van der Waals surface area contributed by atoms with E-state index in [0.29, 0.717) is 24.3 Å². The van der Waals surface area contributed by atoms with Crippen molar-refractivity contribution < 1.29 is 4.79 Å². The Kier molecular flexibility index (Phi) is 3.72. The third-order valence-corrected chi connectivity index (χ3v) is 4.93. The predicted octanol–water partition coefficient (Wildman–Crippen LogP) is 2.59. The van der Waals surface area contributed by atoms with Crippen LogP contribution >= 0.6 is 0 Å². The summed E-state index contributed by atoms with van der Waals surface area (Å²) in [5.41, 5.74) is 4.27. The smallest absolute Gasteiger partial charge is 0.272 e. The van der Waals surface area contributed by atoms with Gasteiger partial charge in [0.2, 0.25) is 5.91 Å². The number of aromatic nitrogens is 3. The predicted molar refractivity (Wildman–Crippen MR) is 100 cm³/mol. The standard InChI is InChI=1S/C20H22N4O2/c1-20(2,3)14-6-4-12(5-7-14)16-9-17-22-15(10-19(26)24(17)23-16)13-8-18(25)21-11-13/h4-7,9-10,13,23H,8,11H2,1-3H3,(H,21,25). The zero-order chi connectivity index (χ0) is 18.5. The summed E-state index contributed by atoms with van der Waals surface area (Å²) in [6, 6.07) is 11.7. The first-order chi connectivity index (χ1) is 12.3. The average Bonchev–Trinajstić information content (AvgIpc) is 3.20. The van der Waals surface area contributed by atoms with Crippen molar-refractivity contribution >= 4 is 11.6 Å². The van der Waals surface area contributed by atoms with Gasteiger partial charge in [-0.1, -0.05) is 45.0 Å². The Balaban J connectivity index is 1.72. The fourth-order valence-corrected chi connectivity index (χ4v) is 3.33. The molecule has 0 radical (unpaired) electrons. The third-order valence-electron chi connectivity index (χ3n) is 4.93. The second-order valence-electron chi connectivity index (χ2n) is 7.92. The SMILES string of the molecule is CC(C)(C)c1ccc(-c2cc3nc(C4CNC(=O)C4)cc(=O)n3[nH]2)cc1. The fourth-order valence-electron chi connectivity index (χ4n) is 3.33. The van der Waals surface area contributed by atoms with Gasteiger partial charge in [0, 0.05) is 31.0 Å². The Morgan fingerprint density at radius 3 is 2.46 bits per heavy atom. The van der Waals surface area contributed by atoms with Crippen LogP contribution in [0.1, 0.15) is 44.4 Å². The molecule has 1 atom stereocenters. The quantitative estimate of drug-likeness (QED) is 0.745. The number of nitrogens with zero attached hydrogens (tertiary/aromatic N) is 2. The molecule has 4 rings (SSSR count). The first-order valence-corrected chi connectivity index (χ1v) is 8.81. The van der Waals surface area contributed by atoms with Crippen molar-refractivity contribution in [3.05, 3.63) is 58.0 Å². The minimum Gasteiger partial charge on any atom is -0.355 e. The lowest BCUT2D eigenvalue weighted by Crippen LogP contribution is -2.18. The van der Waals surface area contributed by atoms with Gasteiger partial charge in [-0.25, -0.2) is 9.50 Å². The lowest BCUT2D eigenvalue weighted by Gasteiger charge is -2.18. The highest BCUT2D eigenvalue weighted by Crippen LogP contribution is 2.26. The largest absolute Gasteiger partial charge is 0.355 e. The van der Waals surface area contributed by atoms with Gasteiger partial charge in [-0.05, 0) is 16.5 Å². The number of rotatable bonds is 2.